The first-order chi connectivity index (χ1) is 12.4. The van der Waals surface area contributed by atoms with Gasteiger partial charge in [-0.05, 0) is 25.0 Å². The zero-order chi connectivity index (χ0) is 19.0. The van der Waals surface area contributed by atoms with E-state index in [9.17, 15) is 22.8 Å². The summed E-state index contributed by atoms with van der Waals surface area (Å²) in [5.74, 6) is -1.54. The predicted octanol–water partition coefficient (Wildman–Crippen LogP) is 1.80. The third-order valence-corrected chi connectivity index (χ3v) is 5.65. The Labute approximate surface area is 152 Å². The fourth-order valence-electron chi connectivity index (χ4n) is 2.53. The number of nitrogens with zero attached hydrogens (tertiary/aromatic N) is 2. The molecule has 0 aromatic carbocycles. The van der Waals surface area contributed by atoms with Crippen molar-refractivity contribution in [3.8, 4) is 0 Å². The normalized spacial score (nSPS) is 14.7. The molecule has 1 aliphatic heterocycles. The Balaban J connectivity index is 1.56. The molecule has 1 aliphatic rings. The van der Waals surface area contributed by atoms with E-state index in [2.05, 4.69) is 4.98 Å². The molecule has 2 heterocycles. The average molecular weight is 382 g/mol. The van der Waals surface area contributed by atoms with Gasteiger partial charge < -0.3 is 4.84 Å². The van der Waals surface area contributed by atoms with Gasteiger partial charge in [0.15, 0.2) is 14.9 Å². The molecule has 1 fully saturated rings. The number of carbonyl (C=O) groups excluding carboxylic acids is 3. The smallest absolute Gasteiger partial charge is 0.330 e. The van der Waals surface area contributed by atoms with Crippen molar-refractivity contribution >= 4 is 27.6 Å². The second kappa shape index (κ2) is 9.42. The van der Waals surface area contributed by atoms with Crippen LogP contribution >= 0.6 is 0 Å². The molecular formula is C17H22N2O6S. The van der Waals surface area contributed by atoms with Gasteiger partial charge in [0, 0.05) is 25.5 Å². The molecule has 142 valence electrons. The summed E-state index contributed by atoms with van der Waals surface area (Å²) in [7, 11) is -3.34. The van der Waals surface area contributed by atoms with Crippen molar-refractivity contribution in [2.24, 2.45) is 0 Å². The van der Waals surface area contributed by atoms with Gasteiger partial charge in [-0.15, -0.1) is 5.06 Å². The summed E-state index contributed by atoms with van der Waals surface area (Å²) < 4.78 is 24.1. The molecule has 0 atom stereocenters. The number of rotatable bonds is 10. The summed E-state index contributed by atoms with van der Waals surface area (Å²) in [5, 5.41) is 0.638. The Kier molecular flexibility index (Phi) is 7.26. The van der Waals surface area contributed by atoms with E-state index in [-0.39, 0.29) is 30.0 Å². The van der Waals surface area contributed by atoms with Gasteiger partial charge in [-0.25, -0.2) is 18.2 Å². The molecule has 26 heavy (non-hydrogen) atoms. The van der Waals surface area contributed by atoms with Crippen molar-refractivity contribution in [2.75, 3.05) is 5.75 Å². The largest absolute Gasteiger partial charge is 0.333 e. The Morgan fingerprint density at radius 2 is 1.69 bits per heavy atom. The SMILES string of the molecule is O=C(CCCCCCCS(=O)(=O)c1ccccn1)ON1C(=O)CCC1=O. The molecule has 0 unspecified atom stereocenters. The number of pyridine rings is 1. The Hall–Kier alpha value is -2.29. The molecule has 0 saturated carbocycles. The molecule has 0 spiro atoms. The van der Waals surface area contributed by atoms with Crippen LogP contribution in [0.15, 0.2) is 29.4 Å². The summed E-state index contributed by atoms with van der Waals surface area (Å²) in [4.78, 5) is 42.9. The highest BCUT2D eigenvalue weighted by Gasteiger charge is 2.32. The third kappa shape index (κ3) is 5.91. The lowest BCUT2D eigenvalue weighted by atomic mass is 10.1. The minimum atomic E-state index is -3.34. The number of sulfone groups is 1. The van der Waals surface area contributed by atoms with Gasteiger partial charge in [-0.3, -0.25) is 9.59 Å². The quantitative estimate of drug-likeness (QED) is 0.448. The number of amides is 2. The van der Waals surface area contributed by atoms with Gasteiger partial charge in [0.05, 0.1) is 5.75 Å². The van der Waals surface area contributed by atoms with Crippen molar-refractivity contribution in [2.45, 2.75) is 56.4 Å². The maximum absolute atomic E-state index is 12.0. The lowest BCUT2D eigenvalue weighted by Gasteiger charge is -2.12. The van der Waals surface area contributed by atoms with Crippen LogP contribution in [0.25, 0.3) is 0 Å². The molecule has 1 aromatic rings. The molecule has 1 aromatic heterocycles. The number of hydrogen-bond donors (Lipinski definition) is 0. The fourth-order valence-corrected chi connectivity index (χ4v) is 3.83. The van der Waals surface area contributed by atoms with Crippen LogP contribution < -0.4 is 0 Å². The maximum atomic E-state index is 12.0. The van der Waals surface area contributed by atoms with E-state index in [1.165, 1.54) is 12.3 Å². The first-order valence-corrected chi connectivity index (χ1v) is 10.3. The van der Waals surface area contributed by atoms with E-state index in [1.807, 2.05) is 0 Å². The molecule has 1 saturated heterocycles. The zero-order valence-corrected chi connectivity index (χ0v) is 15.2. The minimum Gasteiger partial charge on any atom is -0.330 e. The van der Waals surface area contributed by atoms with Crippen LogP contribution in [-0.4, -0.2) is 42.0 Å². The van der Waals surface area contributed by atoms with Crippen LogP contribution in [-0.2, 0) is 29.1 Å². The number of carbonyl (C=O) groups is 3. The van der Waals surface area contributed by atoms with Gasteiger partial charge in [0.1, 0.15) is 0 Å². The van der Waals surface area contributed by atoms with Crippen molar-refractivity contribution < 1.29 is 27.6 Å². The van der Waals surface area contributed by atoms with E-state index in [1.54, 1.807) is 12.1 Å². The Bertz CT molecular complexity index is 732. The summed E-state index contributed by atoms with van der Waals surface area (Å²) in [6.07, 6.45) is 5.05. The van der Waals surface area contributed by atoms with Gasteiger partial charge in [0.2, 0.25) is 0 Å². The molecule has 2 rings (SSSR count). The highest BCUT2D eigenvalue weighted by atomic mass is 32.2. The fraction of sp³-hybridized carbons (Fsp3) is 0.529. The van der Waals surface area contributed by atoms with E-state index in [0.717, 1.165) is 19.3 Å². The third-order valence-electron chi connectivity index (χ3n) is 3.95. The highest BCUT2D eigenvalue weighted by Crippen LogP contribution is 2.14. The number of aromatic nitrogens is 1. The molecule has 8 nitrogen and oxygen atoms in total. The molecule has 2 amide bonds. The van der Waals surface area contributed by atoms with E-state index >= 15 is 0 Å². The summed E-state index contributed by atoms with van der Waals surface area (Å²) in [5.41, 5.74) is 0. The lowest BCUT2D eigenvalue weighted by Crippen LogP contribution is -2.31. The zero-order valence-electron chi connectivity index (χ0n) is 14.4. The van der Waals surface area contributed by atoms with Gasteiger partial charge in [-0.1, -0.05) is 25.3 Å². The first-order valence-electron chi connectivity index (χ1n) is 8.60. The van der Waals surface area contributed by atoms with Crippen molar-refractivity contribution in [3.63, 3.8) is 0 Å². The van der Waals surface area contributed by atoms with Crippen LogP contribution in [0.2, 0.25) is 0 Å². The first kappa shape index (κ1) is 20.0. The number of hydrogen-bond acceptors (Lipinski definition) is 7. The van der Waals surface area contributed by atoms with Gasteiger partial charge >= 0.3 is 5.97 Å². The molecular weight excluding hydrogens is 360 g/mol. The van der Waals surface area contributed by atoms with Crippen LogP contribution in [0.4, 0.5) is 0 Å². The van der Waals surface area contributed by atoms with E-state index in [0.29, 0.717) is 17.9 Å². The topological polar surface area (TPSA) is 111 Å². The van der Waals surface area contributed by atoms with Crippen molar-refractivity contribution in [1.29, 1.82) is 0 Å². The summed E-state index contributed by atoms with van der Waals surface area (Å²) in [6, 6.07) is 4.79. The lowest BCUT2D eigenvalue weighted by molar-refractivity contribution is -0.197. The average Bonchev–Trinajstić information content (AvgIpc) is 2.93. The Morgan fingerprint density at radius 3 is 2.35 bits per heavy atom. The van der Waals surface area contributed by atoms with Crippen LogP contribution in [0.5, 0.6) is 0 Å². The number of hydroxylamine groups is 2. The predicted molar refractivity (Wildman–Crippen MR) is 91.2 cm³/mol. The monoisotopic (exact) mass is 382 g/mol. The second-order valence-corrected chi connectivity index (χ2v) is 8.11. The van der Waals surface area contributed by atoms with E-state index in [4.69, 9.17) is 4.84 Å². The molecule has 0 radical (unpaired) electrons. The standard InChI is InChI=1S/C17H22N2O6S/c20-15-10-11-16(21)19(15)25-17(22)9-4-2-1-3-7-13-26(23,24)14-8-5-6-12-18-14/h5-6,8,12H,1-4,7,9-11,13H2. The van der Waals surface area contributed by atoms with Crippen molar-refractivity contribution in [1.82, 2.24) is 10.0 Å². The number of unbranched alkanes of at least 4 members (excludes halogenated alkanes) is 4. The van der Waals surface area contributed by atoms with Crippen molar-refractivity contribution in [3.05, 3.63) is 24.4 Å². The van der Waals surface area contributed by atoms with E-state index < -0.39 is 27.6 Å². The van der Waals surface area contributed by atoms with Crippen LogP contribution in [0, 0.1) is 0 Å². The van der Waals surface area contributed by atoms with Crippen LogP contribution in [0.1, 0.15) is 51.4 Å². The minimum absolute atomic E-state index is 0.0469. The maximum Gasteiger partial charge on any atom is 0.333 e. The van der Waals surface area contributed by atoms with Gasteiger partial charge in [-0.2, -0.15) is 0 Å². The molecule has 0 aliphatic carbocycles. The van der Waals surface area contributed by atoms with Gasteiger partial charge in [0.25, 0.3) is 11.8 Å². The summed E-state index contributed by atoms with van der Waals surface area (Å²) >= 11 is 0. The highest BCUT2D eigenvalue weighted by molar-refractivity contribution is 7.91. The molecule has 0 N–H and O–H groups in total. The number of imide groups is 1. The molecule has 9 heteroatoms. The second-order valence-electron chi connectivity index (χ2n) is 6.05. The Morgan fingerprint density at radius 1 is 1.04 bits per heavy atom. The molecule has 0 bridgehead atoms. The van der Waals surface area contributed by atoms with Crippen LogP contribution in [0.3, 0.4) is 0 Å². The summed E-state index contributed by atoms with van der Waals surface area (Å²) in [6.45, 7) is 0.